The quantitative estimate of drug-likeness (QED) is 0.870. The van der Waals surface area contributed by atoms with Gasteiger partial charge in [-0.2, -0.15) is 0 Å². The molecule has 3 nitrogen and oxygen atoms in total. The van der Waals surface area contributed by atoms with Gasteiger partial charge in [-0.25, -0.2) is 4.79 Å². The maximum atomic E-state index is 11.9. The minimum absolute atomic E-state index is 0.378. The van der Waals surface area contributed by atoms with E-state index < -0.39 is 0 Å². The molecule has 0 unspecified atom stereocenters. The highest BCUT2D eigenvalue weighted by atomic mass is 32.1. The van der Waals surface area contributed by atoms with Gasteiger partial charge in [0.15, 0.2) is 0 Å². The molecule has 2 N–H and O–H groups in total. The van der Waals surface area contributed by atoms with Crippen LogP contribution in [0.4, 0.5) is 5.00 Å². The number of esters is 1. The van der Waals surface area contributed by atoms with Crippen LogP contribution in [0.2, 0.25) is 0 Å². The molecular weight excluding hydrogens is 258 g/mol. The van der Waals surface area contributed by atoms with Crippen molar-refractivity contribution in [3.05, 3.63) is 40.3 Å². The van der Waals surface area contributed by atoms with Crippen LogP contribution in [-0.2, 0) is 11.2 Å². The van der Waals surface area contributed by atoms with Crippen LogP contribution in [0.25, 0.3) is 11.1 Å². The molecule has 0 aliphatic carbocycles. The summed E-state index contributed by atoms with van der Waals surface area (Å²) in [6.45, 7) is 4.08. The Morgan fingerprint density at radius 2 is 1.95 bits per heavy atom. The fourth-order valence-electron chi connectivity index (χ4n) is 2.13. The smallest absolute Gasteiger partial charge is 0.341 e. The van der Waals surface area contributed by atoms with Crippen molar-refractivity contribution < 1.29 is 9.53 Å². The van der Waals surface area contributed by atoms with Gasteiger partial charge in [0.2, 0.25) is 0 Å². The van der Waals surface area contributed by atoms with Crippen molar-refractivity contribution in [1.82, 2.24) is 0 Å². The molecule has 2 rings (SSSR count). The second kappa shape index (κ2) is 5.45. The molecule has 0 atom stereocenters. The Kier molecular flexibility index (Phi) is 3.90. The Morgan fingerprint density at radius 1 is 1.32 bits per heavy atom. The summed E-state index contributed by atoms with van der Waals surface area (Å²) in [5, 5.41) is 0.513. The van der Waals surface area contributed by atoms with E-state index in [4.69, 9.17) is 10.5 Å². The summed E-state index contributed by atoms with van der Waals surface area (Å²) in [6, 6.07) is 8.20. The molecule has 0 spiro atoms. The van der Waals surface area contributed by atoms with Gasteiger partial charge < -0.3 is 10.5 Å². The molecule has 19 heavy (non-hydrogen) atoms. The van der Waals surface area contributed by atoms with E-state index in [2.05, 4.69) is 19.1 Å². The zero-order valence-electron chi connectivity index (χ0n) is 11.3. The standard InChI is InChI=1S/C15H17NO2S/c1-4-10-5-7-11(8-6-10)12-9(2)19-14(16)13(12)15(17)18-3/h5-8H,4,16H2,1-3H3. The van der Waals surface area contributed by atoms with Crippen molar-refractivity contribution in [3.63, 3.8) is 0 Å². The number of nitrogen functional groups attached to an aromatic ring is 1. The van der Waals surface area contributed by atoms with Gasteiger partial charge in [0.25, 0.3) is 0 Å². The lowest BCUT2D eigenvalue weighted by atomic mass is 10.00. The summed E-state index contributed by atoms with van der Waals surface area (Å²) in [5.41, 5.74) is 9.57. The van der Waals surface area contributed by atoms with Crippen LogP contribution in [0, 0.1) is 6.92 Å². The fourth-order valence-corrected chi connectivity index (χ4v) is 3.06. The van der Waals surface area contributed by atoms with E-state index in [0.717, 1.165) is 22.4 Å². The molecule has 0 amide bonds. The predicted molar refractivity (Wildman–Crippen MR) is 79.6 cm³/mol. The lowest BCUT2D eigenvalue weighted by Gasteiger charge is -2.06. The monoisotopic (exact) mass is 275 g/mol. The Bertz CT molecular complexity index is 599. The van der Waals surface area contributed by atoms with Crippen molar-refractivity contribution in [2.24, 2.45) is 0 Å². The van der Waals surface area contributed by atoms with E-state index in [1.165, 1.54) is 24.0 Å². The number of hydrogen-bond acceptors (Lipinski definition) is 4. The third-order valence-electron chi connectivity index (χ3n) is 3.15. The summed E-state index contributed by atoms with van der Waals surface area (Å²) >= 11 is 1.42. The van der Waals surface area contributed by atoms with Crippen LogP contribution in [0.15, 0.2) is 24.3 Å². The van der Waals surface area contributed by atoms with Crippen molar-refractivity contribution in [2.45, 2.75) is 20.3 Å². The molecule has 1 aromatic carbocycles. The maximum absolute atomic E-state index is 11.9. The second-order valence-electron chi connectivity index (χ2n) is 4.31. The molecule has 0 aliphatic heterocycles. The molecule has 2 aromatic rings. The molecule has 0 radical (unpaired) electrons. The van der Waals surface area contributed by atoms with Crippen LogP contribution >= 0.6 is 11.3 Å². The number of aryl methyl sites for hydroxylation is 2. The average molecular weight is 275 g/mol. The maximum Gasteiger partial charge on any atom is 0.341 e. The Labute approximate surface area is 117 Å². The first-order chi connectivity index (χ1) is 9.08. The molecule has 0 saturated carbocycles. The number of hydrogen-bond donors (Lipinski definition) is 1. The molecule has 100 valence electrons. The Balaban J connectivity index is 2.57. The van der Waals surface area contributed by atoms with E-state index in [-0.39, 0.29) is 5.97 Å². The second-order valence-corrected chi connectivity index (χ2v) is 5.57. The number of rotatable bonds is 3. The minimum atomic E-state index is -0.378. The number of carbonyl (C=O) groups excluding carboxylic acids is 1. The molecule has 0 saturated heterocycles. The molecule has 0 bridgehead atoms. The third-order valence-corrected chi connectivity index (χ3v) is 4.09. The summed E-state index contributed by atoms with van der Waals surface area (Å²) in [7, 11) is 1.37. The topological polar surface area (TPSA) is 52.3 Å². The first kappa shape index (κ1) is 13.6. The van der Waals surface area contributed by atoms with Gasteiger partial charge in [-0.3, -0.25) is 0 Å². The number of carbonyl (C=O) groups is 1. The molecule has 0 fully saturated rings. The Hall–Kier alpha value is -1.81. The lowest BCUT2D eigenvalue weighted by molar-refractivity contribution is 0.0603. The highest BCUT2D eigenvalue weighted by Gasteiger charge is 2.22. The summed E-state index contributed by atoms with van der Waals surface area (Å²) in [6.07, 6.45) is 0.995. The first-order valence-electron chi connectivity index (χ1n) is 6.15. The minimum Gasteiger partial charge on any atom is -0.465 e. The molecule has 1 heterocycles. The van der Waals surface area contributed by atoms with E-state index in [1.54, 1.807) is 0 Å². The van der Waals surface area contributed by atoms with E-state index >= 15 is 0 Å². The zero-order chi connectivity index (χ0) is 14.0. The summed E-state index contributed by atoms with van der Waals surface area (Å²) in [5.74, 6) is -0.378. The number of ether oxygens (including phenoxy) is 1. The summed E-state index contributed by atoms with van der Waals surface area (Å²) < 4.78 is 4.83. The number of nitrogens with two attached hydrogens (primary N) is 1. The largest absolute Gasteiger partial charge is 0.465 e. The van der Waals surface area contributed by atoms with Crippen LogP contribution < -0.4 is 5.73 Å². The predicted octanol–water partition coefficient (Wildman–Crippen LogP) is 3.65. The molecule has 1 aromatic heterocycles. The molecular formula is C15H17NO2S. The fraction of sp³-hybridized carbons (Fsp3) is 0.267. The van der Waals surface area contributed by atoms with Gasteiger partial charge in [0.05, 0.1) is 7.11 Å². The first-order valence-corrected chi connectivity index (χ1v) is 6.96. The molecule has 4 heteroatoms. The van der Waals surface area contributed by atoms with Gasteiger partial charge in [-0.05, 0) is 24.5 Å². The summed E-state index contributed by atoms with van der Waals surface area (Å²) in [4.78, 5) is 12.9. The van der Waals surface area contributed by atoms with Crippen LogP contribution in [-0.4, -0.2) is 13.1 Å². The van der Waals surface area contributed by atoms with Gasteiger partial charge in [0.1, 0.15) is 10.6 Å². The number of thiophene rings is 1. The lowest BCUT2D eigenvalue weighted by Crippen LogP contribution is -2.04. The van der Waals surface area contributed by atoms with Crippen molar-refractivity contribution >= 4 is 22.3 Å². The zero-order valence-corrected chi connectivity index (χ0v) is 12.1. The van der Waals surface area contributed by atoms with E-state index in [0.29, 0.717) is 10.6 Å². The van der Waals surface area contributed by atoms with Crippen LogP contribution in [0.5, 0.6) is 0 Å². The van der Waals surface area contributed by atoms with Gasteiger partial charge in [-0.1, -0.05) is 31.2 Å². The van der Waals surface area contributed by atoms with E-state index in [1.807, 2.05) is 19.1 Å². The molecule has 0 aliphatic rings. The highest BCUT2D eigenvalue weighted by molar-refractivity contribution is 7.16. The van der Waals surface area contributed by atoms with E-state index in [9.17, 15) is 4.79 Å². The Morgan fingerprint density at radius 3 is 2.47 bits per heavy atom. The third kappa shape index (κ3) is 2.49. The van der Waals surface area contributed by atoms with Crippen molar-refractivity contribution in [2.75, 3.05) is 12.8 Å². The van der Waals surface area contributed by atoms with Crippen LogP contribution in [0.1, 0.15) is 27.7 Å². The number of methoxy groups -OCH3 is 1. The highest BCUT2D eigenvalue weighted by Crippen LogP contribution is 2.38. The SMILES string of the molecule is CCc1ccc(-c2c(C)sc(N)c2C(=O)OC)cc1. The van der Waals surface area contributed by atoms with Gasteiger partial charge >= 0.3 is 5.97 Å². The number of anilines is 1. The van der Waals surface area contributed by atoms with Crippen LogP contribution in [0.3, 0.4) is 0 Å². The normalized spacial score (nSPS) is 10.5. The number of benzene rings is 1. The van der Waals surface area contributed by atoms with Crippen molar-refractivity contribution in [3.8, 4) is 11.1 Å². The van der Waals surface area contributed by atoms with Gasteiger partial charge in [0, 0.05) is 10.4 Å². The van der Waals surface area contributed by atoms with Gasteiger partial charge in [-0.15, -0.1) is 11.3 Å². The average Bonchev–Trinajstić information content (AvgIpc) is 2.72. The van der Waals surface area contributed by atoms with Crippen molar-refractivity contribution in [1.29, 1.82) is 0 Å².